The zero-order valence-electron chi connectivity index (χ0n) is 11.1. The molecule has 1 aromatic rings. The second-order valence-corrected chi connectivity index (χ2v) is 6.51. The lowest BCUT2D eigenvalue weighted by Gasteiger charge is -2.23. The highest BCUT2D eigenvalue weighted by molar-refractivity contribution is 7.88. The maximum absolute atomic E-state index is 12.1. The van der Waals surface area contributed by atoms with Crippen LogP contribution >= 0.6 is 0 Å². The zero-order chi connectivity index (χ0) is 13.7. The van der Waals surface area contributed by atoms with Gasteiger partial charge in [-0.1, -0.05) is 12.1 Å². The molecule has 0 aromatic heterocycles. The van der Waals surface area contributed by atoms with Crippen LogP contribution < -0.4 is 14.8 Å². The Balaban J connectivity index is 1.99. The molecule has 0 radical (unpaired) electrons. The van der Waals surface area contributed by atoms with Gasteiger partial charge in [0.25, 0.3) is 0 Å². The van der Waals surface area contributed by atoms with Crippen LogP contribution in [0.4, 0.5) is 0 Å². The predicted octanol–water partition coefficient (Wildman–Crippen LogP) is 0.867. The molecule has 1 saturated heterocycles. The number of methoxy groups -OCH3 is 1. The van der Waals surface area contributed by atoms with Crippen molar-refractivity contribution in [2.24, 2.45) is 0 Å². The Morgan fingerprint density at radius 3 is 2.79 bits per heavy atom. The molecule has 19 heavy (non-hydrogen) atoms. The van der Waals surface area contributed by atoms with Gasteiger partial charge in [0.15, 0.2) is 0 Å². The molecule has 0 aliphatic carbocycles. The van der Waals surface area contributed by atoms with Crippen molar-refractivity contribution in [1.82, 2.24) is 10.0 Å². The van der Waals surface area contributed by atoms with Gasteiger partial charge in [0.05, 0.1) is 12.9 Å². The van der Waals surface area contributed by atoms with Crippen LogP contribution in [0.15, 0.2) is 24.3 Å². The fraction of sp³-hybridized carbons (Fsp3) is 0.538. The van der Waals surface area contributed by atoms with Gasteiger partial charge in [-0.15, -0.1) is 0 Å². The average molecular weight is 284 g/mol. The van der Waals surface area contributed by atoms with Crippen LogP contribution in [0, 0.1) is 0 Å². The number of rotatable bonds is 5. The van der Waals surface area contributed by atoms with Crippen LogP contribution in [-0.2, 0) is 15.8 Å². The minimum atomic E-state index is -3.29. The standard InChI is InChI=1S/C13H20N2O3S/c1-18-13-4-2-3-11(9-13)10-19(16,17)15-12-5-7-14-8-6-12/h2-4,9,12,14-15H,5-8,10H2,1H3. The van der Waals surface area contributed by atoms with Crippen molar-refractivity contribution in [2.75, 3.05) is 20.2 Å². The molecular formula is C13H20N2O3S. The summed E-state index contributed by atoms with van der Waals surface area (Å²) in [6.45, 7) is 1.73. The Morgan fingerprint density at radius 1 is 1.37 bits per heavy atom. The number of sulfonamides is 1. The lowest BCUT2D eigenvalue weighted by molar-refractivity contribution is 0.414. The van der Waals surface area contributed by atoms with Crippen molar-refractivity contribution in [2.45, 2.75) is 24.6 Å². The topological polar surface area (TPSA) is 67.4 Å². The predicted molar refractivity (Wildman–Crippen MR) is 74.6 cm³/mol. The summed E-state index contributed by atoms with van der Waals surface area (Å²) in [6.07, 6.45) is 1.69. The molecule has 0 saturated carbocycles. The molecule has 5 nitrogen and oxygen atoms in total. The van der Waals surface area contributed by atoms with Gasteiger partial charge in [-0.05, 0) is 43.6 Å². The van der Waals surface area contributed by atoms with Crippen LogP contribution in [0.5, 0.6) is 5.75 Å². The highest BCUT2D eigenvalue weighted by Crippen LogP contribution is 2.15. The third-order valence-corrected chi connectivity index (χ3v) is 4.58. The normalized spacial score (nSPS) is 17.3. The van der Waals surface area contributed by atoms with Crippen molar-refractivity contribution in [3.8, 4) is 5.75 Å². The fourth-order valence-corrected chi connectivity index (χ4v) is 3.66. The van der Waals surface area contributed by atoms with Crippen LogP contribution in [0.25, 0.3) is 0 Å². The van der Waals surface area contributed by atoms with Gasteiger partial charge >= 0.3 is 0 Å². The molecule has 1 heterocycles. The Morgan fingerprint density at radius 2 is 2.11 bits per heavy atom. The summed E-state index contributed by atoms with van der Waals surface area (Å²) in [5.41, 5.74) is 0.737. The van der Waals surface area contributed by atoms with Gasteiger partial charge in [-0.25, -0.2) is 13.1 Å². The van der Waals surface area contributed by atoms with E-state index in [1.807, 2.05) is 0 Å². The molecule has 2 rings (SSSR count). The molecule has 0 unspecified atom stereocenters. The number of ether oxygens (including phenoxy) is 1. The van der Waals surface area contributed by atoms with E-state index >= 15 is 0 Å². The van der Waals surface area contributed by atoms with Crippen molar-refractivity contribution < 1.29 is 13.2 Å². The summed E-state index contributed by atoms with van der Waals surface area (Å²) < 4.78 is 32.1. The van der Waals surface area contributed by atoms with E-state index in [1.165, 1.54) is 0 Å². The summed E-state index contributed by atoms with van der Waals surface area (Å²) in [6, 6.07) is 7.20. The lowest BCUT2D eigenvalue weighted by atomic mass is 10.1. The van der Waals surface area contributed by atoms with E-state index in [4.69, 9.17) is 4.74 Å². The molecule has 0 amide bonds. The van der Waals surface area contributed by atoms with Crippen LogP contribution in [0.1, 0.15) is 18.4 Å². The molecule has 1 aliphatic rings. The summed E-state index contributed by atoms with van der Waals surface area (Å²) in [7, 11) is -1.72. The average Bonchev–Trinajstić information content (AvgIpc) is 2.39. The first-order chi connectivity index (χ1) is 9.09. The number of benzene rings is 1. The highest BCUT2D eigenvalue weighted by atomic mass is 32.2. The Hall–Kier alpha value is -1.11. The first-order valence-electron chi connectivity index (χ1n) is 6.43. The summed E-state index contributed by atoms with van der Waals surface area (Å²) in [5, 5.41) is 3.21. The quantitative estimate of drug-likeness (QED) is 0.842. The monoisotopic (exact) mass is 284 g/mol. The molecule has 1 aliphatic heterocycles. The molecule has 6 heteroatoms. The van der Waals surface area contributed by atoms with E-state index in [-0.39, 0.29) is 11.8 Å². The van der Waals surface area contributed by atoms with Gasteiger partial charge in [-0.3, -0.25) is 0 Å². The minimum Gasteiger partial charge on any atom is -0.497 e. The molecule has 1 aromatic carbocycles. The molecule has 106 valence electrons. The molecule has 0 atom stereocenters. The van der Waals surface area contributed by atoms with E-state index in [0.717, 1.165) is 31.5 Å². The SMILES string of the molecule is COc1cccc(CS(=O)(=O)NC2CCNCC2)c1. The molecule has 1 fully saturated rings. The van der Waals surface area contributed by atoms with Gasteiger partial charge in [0.1, 0.15) is 5.75 Å². The number of hydrogen-bond donors (Lipinski definition) is 2. The van der Waals surface area contributed by atoms with E-state index < -0.39 is 10.0 Å². The van der Waals surface area contributed by atoms with E-state index in [2.05, 4.69) is 10.0 Å². The van der Waals surface area contributed by atoms with Crippen molar-refractivity contribution in [1.29, 1.82) is 0 Å². The van der Waals surface area contributed by atoms with E-state index in [1.54, 1.807) is 31.4 Å². The maximum atomic E-state index is 12.1. The Labute approximate surface area is 114 Å². The number of nitrogens with one attached hydrogen (secondary N) is 2. The van der Waals surface area contributed by atoms with Crippen LogP contribution in [-0.4, -0.2) is 34.7 Å². The molecular weight excluding hydrogens is 264 g/mol. The van der Waals surface area contributed by atoms with Crippen LogP contribution in [0.3, 0.4) is 0 Å². The summed E-state index contributed by atoms with van der Waals surface area (Å²) in [4.78, 5) is 0. The molecule has 2 N–H and O–H groups in total. The van der Waals surface area contributed by atoms with Gasteiger partial charge < -0.3 is 10.1 Å². The van der Waals surface area contributed by atoms with Gasteiger partial charge in [-0.2, -0.15) is 0 Å². The van der Waals surface area contributed by atoms with Gasteiger partial charge in [0, 0.05) is 6.04 Å². The maximum Gasteiger partial charge on any atom is 0.216 e. The van der Waals surface area contributed by atoms with Crippen molar-refractivity contribution in [3.63, 3.8) is 0 Å². The smallest absolute Gasteiger partial charge is 0.216 e. The first kappa shape index (κ1) is 14.3. The Bertz CT molecular complexity index is 510. The third kappa shape index (κ3) is 4.49. The fourth-order valence-electron chi connectivity index (χ4n) is 2.22. The van der Waals surface area contributed by atoms with Crippen molar-refractivity contribution in [3.05, 3.63) is 29.8 Å². The van der Waals surface area contributed by atoms with Crippen molar-refractivity contribution >= 4 is 10.0 Å². The largest absolute Gasteiger partial charge is 0.497 e. The third-order valence-electron chi connectivity index (χ3n) is 3.18. The number of piperidine rings is 1. The summed E-state index contributed by atoms with van der Waals surface area (Å²) in [5.74, 6) is 0.670. The lowest BCUT2D eigenvalue weighted by Crippen LogP contribution is -2.43. The molecule has 0 spiro atoms. The van der Waals surface area contributed by atoms with Gasteiger partial charge in [0.2, 0.25) is 10.0 Å². The summed E-state index contributed by atoms with van der Waals surface area (Å²) >= 11 is 0. The first-order valence-corrected chi connectivity index (χ1v) is 8.08. The number of hydrogen-bond acceptors (Lipinski definition) is 4. The minimum absolute atomic E-state index is 0.00582. The van der Waals surface area contributed by atoms with E-state index in [0.29, 0.717) is 5.75 Å². The zero-order valence-corrected chi connectivity index (χ0v) is 11.9. The Kier molecular flexibility index (Phi) is 4.79. The van der Waals surface area contributed by atoms with E-state index in [9.17, 15) is 8.42 Å². The highest BCUT2D eigenvalue weighted by Gasteiger charge is 2.20. The second kappa shape index (κ2) is 6.36. The second-order valence-electron chi connectivity index (χ2n) is 4.75. The molecule has 0 bridgehead atoms. The van der Waals surface area contributed by atoms with Crippen LogP contribution in [0.2, 0.25) is 0 Å².